The quantitative estimate of drug-likeness (QED) is 0.301. The maximum absolute atomic E-state index is 12.4. The molecule has 0 aliphatic carbocycles. The monoisotopic (exact) mass is 439 g/mol. The molecule has 0 radical (unpaired) electrons. The first-order valence-corrected chi connectivity index (χ1v) is 11.9. The molecule has 8 heteroatoms. The van der Waals surface area contributed by atoms with Crippen molar-refractivity contribution in [1.82, 2.24) is 8.75 Å². The van der Waals surface area contributed by atoms with Gasteiger partial charge in [-0.05, 0) is 18.8 Å². The van der Waals surface area contributed by atoms with Gasteiger partial charge in [0.05, 0.1) is 31.9 Å². The summed E-state index contributed by atoms with van der Waals surface area (Å²) >= 11 is 1.18. The lowest BCUT2D eigenvalue weighted by Crippen LogP contribution is -2.56. The van der Waals surface area contributed by atoms with E-state index in [2.05, 4.69) is 42.6 Å². The van der Waals surface area contributed by atoms with Crippen molar-refractivity contribution < 1.29 is 18.8 Å². The second kappa shape index (κ2) is 11.8. The molecule has 0 spiro atoms. The maximum Gasteiger partial charge on any atom is 0.327 e. The number of carbonyl (C=O) groups is 1. The Hall–Kier alpha value is -1.51. The van der Waals surface area contributed by atoms with Crippen molar-refractivity contribution in [1.29, 1.82) is 0 Å². The molecule has 2 heterocycles. The fourth-order valence-electron chi connectivity index (χ4n) is 3.70. The number of nitrogens with two attached hydrogens (primary N) is 1. The summed E-state index contributed by atoms with van der Waals surface area (Å²) in [6.07, 6.45) is 8.07. The molecule has 1 aliphatic heterocycles. The number of unbranched alkanes of at least 4 members (excludes halogenated alkanes) is 3. The second-order valence-corrected chi connectivity index (χ2v) is 9.51. The number of hydrogen-bond donors (Lipinski definition) is 1. The Kier molecular flexibility index (Phi) is 9.71. The van der Waals surface area contributed by atoms with E-state index < -0.39 is 6.04 Å². The molecule has 0 bridgehead atoms. The molecule has 0 saturated heterocycles. The number of aromatic nitrogens is 2. The van der Waals surface area contributed by atoms with E-state index >= 15 is 0 Å². The molecular weight excluding hydrogens is 400 g/mol. The van der Waals surface area contributed by atoms with Gasteiger partial charge in [-0.3, -0.25) is 9.28 Å². The molecule has 3 atom stereocenters. The molecule has 0 aromatic carbocycles. The van der Waals surface area contributed by atoms with E-state index in [9.17, 15) is 4.79 Å². The van der Waals surface area contributed by atoms with E-state index in [1.807, 2.05) is 6.92 Å². The molecule has 1 aromatic heterocycles. The Balaban J connectivity index is 1.98. The summed E-state index contributed by atoms with van der Waals surface area (Å²) in [7, 11) is 2.12. The predicted molar refractivity (Wildman–Crippen MR) is 121 cm³/mol. The maximum atomic E-state index is 12.4. The number of quaternary nitrogens is 1. The molecule has 0 fully saturated rings. The lowest BCUT2D eigenvalue weighted by molar-refractivity contribution is -0.944. The molecule has 2 unspecified atom stereocenters. The van der Waals surface area contributed by atoms with Gasteiger partial charge in [0.2, 0.25) is 6.23 Å². The zero-order valence-electron chi connectivity index (χ0n) is 19.2. The normalized spacial score (nSPS) is 21.2. The van der Waals surface area contributed by atoms with Gasteiger partial charge in [-0.1, -0.05) is 46.1 Å². The van der Waals surface area contributed by atoms with Gasteiger partial charge < -0.3 is 15.2 Å². The van der Waals surface area contributed by atoms with Crippen molar-refractivity contribution in [3.05, 3.63) is 11.8 Å². The van der Waals surface area contributed by atoms with Crippen molar-refractivity contribution in [3.63, 3.8) is 0 Å². The minimum atomic E-state index is -0.575. The summed E-state index contributed by atoms with van der Waals surface area (Å²) in [5.74, 6) is 0.660. The van der Waals surface area contributed by atoms with Gasteiger partial charge >= 0.3 is 5.97 Å². The Morgan fingerprint density at radius 2 is 2.03 bits per heavy atom. The van der Waals surface area contributed by atoms with Gasteiger partial charge in [0, 0.05) is 18.9 Å². The Morgan fingerprint density at radius 3 is 2.73 bits per heavy atom. The zero-order chi connectivity index (χ0) is 22.1. The molecule has 30 heavy (non-hydrogen) atoms. The van der Waals surface area contributed by atoms with Crippen LogP contribution in [0, 0.1) is 5.92 Å². The molecule has 1 aromatic rings. The van der Waals surface area contributed by atoms with Crippen molar-refractivity contribution in [2.75, 3.05) is 26.7 Å². The Morgan fingerprint density at radius 1 is 1.27 bits per heavy atom. The molecule has 7 nitrogen and oxygen atoms in total. The lowest BCUT2D eigenvalue weighted by atomic mass is 10.0. The number of rotatable bonds is 12. The SMILES string of the molecule is CCCCCCOc1nsnc1C1=CCC[N+](C)(C(C)OC(=O)[C@@H](N)CC(C)C)C1. The minimum absolute atomic E-state index is 0.288. The molecule has 0 amide bonds. The largest absolute Gasteiger partial charge is 0.475 e. The number of esters is 1. The Bertz CT molecular complexity index is 706. The highest BCUT2D eigenvalue weighted by Crippen LogP contribution is 2.31. The summed E-state index contributed by atoms with van der Waals surface area (Å²) in [5.41, 5.74) is 7.95. The standard InChI is InChI=1S/C22H39N4O3S/c1-6-7-8-9-13-28-21-20(24-30-25-21)18-11-10-12-26(5,15-18)17(4)29-22(27)19(23)14-16(2)3/h11,16-17,19H,6-10,12-15,23H2,1-5H3/q+1/t17?,19-,26?/m0/s1. The van der Waals surface area contributed by atoms with Gasteiger partial charge in [0.25, 0.3) is 5.88 Å². The van der Waals surface area contributed by atoms with E-state index in [0.29, 0.717) is 35.9 Å². The summed E-state index contributed by atoms with van der Waals surface area (Å²) in [6.45, 7) is 10.5. The number of likely N-dealkylation sites (N-methyl/N-ethyl adjacent to an activating group) is 1. The topological polar surface area (TPSA) is 87.3 Å². The predicted octanol–water partition coefficient (Wildman–Crippen LogP) is 3.99. The Labute approximate surface area is 185 Å². The van der Waals surface area contributed by atoms with Crippen LogP contribution in [0.5, 0.6) is 5.88 Å². The van der Waals surface area contributed by atoms with Crippen molar-refractivity contribution >= 4 is 23.3 Å². The van der Waals surface area contributed by atoms with Gasteiger partial charge in [0.1, 0.15) is 18.3 Å². The highest BCUT2D eigenvalue weighted by Gasteiger charge is 2.37. The highest BCUT2D eigenvalue weighted by atomic mass is 32.1. The third kappa shape index (κ3) is 7.03. The van der Waals surface area contributed by atoms with E-state index in [1.54, 1.807) is 0 Å². The van der Waals surface area contributed by atoms with Crippen LogP contribution in [0.25, 0.3) is 5.57 Å². The average molecular weight is 440 g/mol. The van der Waals surface area contributed by atoms with Crippen LogP contribution in [-0.2, 0) is 9.53 Å². The van der Waals surface area contributed by atoms with Crippen LogP contribution >= 0.6 is 11.7 Å². The molecule has 0 saturated carbocycles. The second-order valence-electron chi connectivity index (χ2n) is 8.98. The van der Waals surface area contributed by atoms with E-state index in [-0.39, 0.29) is 12.2 Å². The van der Waals surface area contributed by atoms with E-state index in [4.69, 9.17) is 15.2 Å². The molecule has 2 rings (SSSR count). The molecular formula is C22H39N4O3S+. The van der Waals surface area contributed by atoms with Crippen molar-refractivity contribution in [2.24, 2.45) is 11.7 Å². The highest BCUT2D eigenvalue weighted by molar-refractivity contribution is 6.99. The number of ether oxygens (including phenoxy) is 2. The van der Waals surface area contributed by atoms with E-state index in [0.717, 1.165) is 30.7 Å². The smallest absolute Gasteiger partial charge is 0.327 e. The fraction of sp³-hybridized carbons (Fsp3) is 0.773. The average Bonchev–Trinajstić information content (AvgIpc) is 3.16. The van der Waals surface area contributed by atoms with Crippen molar-refractivity contribution in [2.45, 2.75) is 78.5 Å². The molecule has 1 aliphatic rings. The summed E-state index contributed by atoms with van der Waals surface area (Å²) in [6, 6.07) is -0.575. The molecule has 170 valence electrons. The summed E-state index contributed by atoms with van der Waals surface area (Å²) < 4.78 is 21.2. The number of hydrogen-bond acceptors (Lipinski definition) is 7. The van der Waals surface area contributed by atoms with Gasteiger partial charge in [-0.15, -0.1) is 4.37 Å². The van der Waals surface area contributed by atoms with Crippen LogP contribution in [0.3, 0.4) is 0 Å². The third-order valence-electron chi connectivity index (χ3n) is 5.75. The first-order valence-electron chi connectivity index (χ1n) is 11.2. The fourth-order valence-corrected chi connectivity index (χ4v) is 4.24. The van der Waals surface area contributed by atoms with Crippen LogP contribution in [0.1, 0.15) is 71.9 Å². The van der Waals surface area contributed by atoms with Gasteiger partial charge in [-0.25, -0.2) is 0 Å². The van der Waals surface area contributed by atoms with Gasteiger partial charge in [0.15, 0.2) is 0 Å². The van der Waals surface area contributed by atoms with Crippen LogP contribution in [-0.4, -0.2) is 58.2 Å². The summed E-state index contributed by atoms with van der Waals surface area (Å²) in [5, 5.41) is 0. The summed E-state index contributed by atoms with van der Waals surface area (Å²) in [4.78, 5) is 12.4. The van der Waals surface area contributed by atoms with Crippen LogP contribution in [0.15, 0.2) is 6.08 Å². The van der Waals surface area contributed by atoms with Crippen LogP contribution in [0.4, 0.5) is 0 Å². The lowest BCUT2D eigenvalue weighted by Gasteiger charge is -2.41. The third-order valence-corrected chi connectivity index (χ3v) is 6.27. The van der Waals surface area contributed by atoms with E-state index in [1.165, 1.54) is 31.0 Å². The van der Waals surface area contributed by atoms with Crippen molar-refractivity contribution in [3.8, 4) is 5.88 Å². The minimum Gasteiger partial charge on any atom is -0.475 e. The number of nitrogens with zero attached hydrogens (tertiary/aromatic N) is 3. The molecule has 2 N–H and O–H groups in total. The first-order chi connectivity index (χ1) is 14.3. The van der Waals surface area contributed by atoms with Crippen LogP contribution < -0.4 is 10.5 Å². The van der Waals surface area contributed by atoms with Gasteiger partial charge in [-0.2, -0.15) is 4.37 Å². The zero-order valence-corrected chi connectivity index (χ0v) is 20.0. The first kappa shape index (κ1) is 24.8. The number of carbonyl (C=O) groups excluding carboxylic acids is 1. The van der Waals surface area contributed by atoms with Crippen LogP contribution in [0.2, 0.25) is 0 Å².